The second kappa shape index (κ2) is 8.16. The van der Waals surface area contributed by atoms with E-state index in [1.165, 1.54) is 16.2 Å². The van der Waals surface area contributed by atoms with Crippen LogP contribution in [0.1, 0.15) is 76.4 Å². The molecule has 0 bridgehead atoms. The van der Waals surface area contributed by atoms with Crippen molar-refractivity contribution in [3.63, 3.8) is 0 Å². The Balaban J connectivity index is 2.26. The van der Waals surface area contributed by atoms with E-state index < -0.39 is 35.2 Å². The van der Waals surface area contributed by atoms with Crippen LogP contribution in [0.15, 0.2) is 5.38 Å². The fourth-order valence-corrected chi connectivity index (χ4v) is 4.07. The second-order valence-electron chi connectivity index (χ2n) is 8.04. The highest BCUT2D eigenvalue weighted by Gasteiger charge is 2.51. The third kappa shape index (κ3) is 5.08. The molecule has 1 fully saturated rings. The van der Waals surface area contributed by atoms with Gasteiger partial charge in [-0.15, -0.1) is 11.3 Å². The normalized spacial score (nSPS) is 21.5. The van der Waals surface area contributed by atoms with Gasteiger partial charge in [0, 0.05) is 5.38 Å². The van der Waals surface area contributed by atoms with Crippen molar-refractivity contribution in [3.05, 3.63) is 16.1 Å². The molecule has 9 heteroatoms. The lowest BCUT2D eigenvalue weighted by Crippen LogP contribution is -2.47. The highest BCUT2D eigenvalue weighted by Crippen LogP contribution is 2.43. The summed E-state index contributed by atoms with van der Waals surface area (Å²) in [5, 5.41) is 2.14. The summed E-state index contributed by atoms with van der Waals surface area (Å²) in [6, 6.07) is -0.501. The van der Waals surface area contributed by atoms with Crippen LogP contribution in [-0.4, -0.2) is 51.8 Å². The van der Waals surface area contributed by atoms with Crippen LogP contribution in [-0.2, 0) is 19.0 Å². The first-order valence-electron chi connectivity index (χ1n) is 9.20. The summed E-state index contributed by atoms with van der Waals surface area (Å²) in [5.74, 6) is -1.01. The summed E-state index contributed by atoms with van der Waals surface area (Å²) in [4.78, 5) is 42.6. The smallest absolute Gasteiger partial charge is 0.413 e. The molecule has 0 spiro atoms. The van der Waals surface area contributed by atoms with E-state index in [1.54, 1.807) is 46.9 Å². The van der Waals surface area contributed by atoms with Crippen molar-refractivity contribution in [2.24, 2.45) is 0 Å². The molecular formula is C19H28N2O6S. The molecule has 1 amide bonds. The van der Waals surface area contributed by atoms with Crippen molar-refractivity contribution in [2.75, 3.05) is 6.61 Å². The maximum Gasteiger partial charge on any atom is 0.413 e. The molecule has 28 heavy (non-hydrogen) atoms. The molecule has 0 saturated carbocycles. The van der Waals surface area contributed by atoms with E-state index in [2.05, 4.69) is 4.98 Å². The quantitative estimate of drug-likeness (QED) is 0.413. The number of amides is 1. The number of ether oxygens (including phenoxy) is 3. The third-order valence-electron chi connectivity index (χ3n) is 4.04. The molecule has 0 N–H and O–H groups in total. The van der Waals surface area contributed by atoms with E-state index in [9.17, 15) is 14.4 Å². The van der Waals surface area contributed by atoms with Crippen LogP contribution in [0.3, 0.4) is 0 Å². The van der Waals surface area contributed by atoms with Gasteiger partial charge in [0.05, 0.1) is 12.7 Å². The molecule has 0 aliphatic carbocycles. The lowest BCUT2D eigenvalue weighted by Gasteiger charge is -2.34. The van der Waals surface area contributed by atoms with Gasteiger partial charge in [-0.2, -0.15) is 0 Å². The number of ketones is 1. The standard InChI is InChI=1S/C19H28N2O6S/c1-8-25-14(23)9-13(22)12-10-28-16(20-12)15-11(2)26-19(6,7)21(15)17(24)27-18(3,4)5/h10-11,15H,8-9H2,1-7H3/t11-,15+/m1/s1. The highest BCUT2D eigenvalue weighted by atomic mass is 32.1. The van der Waals surface area contributed by atoms with Crippen LogP contribution in [0.2, 0.25) is 0 Å². The Morgan fingerprint density at radius 3 is 2.54 bits per heavy atom. The lowest BCUT2D eigenvalue weighted by atomic mass is 10.1. The Labute approximate surface area is 169 Å². The van der Waals surface area contributed by atoms with Gasteiger partial charge in [0.25, 0.3) is 0 Å². The van der Waals surface area contributed by atoms with Crippen molar-refractivity contribution in [3.8, 4) is 0 Å². The lowest BCUT2D eigenvalue weighted by molar-refractivity contribution is -0.141. The fourth-order valence-electron chi connectivity index (χ4n) is 3.06. The third-order valence-corrected chi connectivity index (χ3v) is 4.95. The Morgan fingerprint density at radius 2 is 1.96 bits per heavy atom. The number of aromatic nitrogens is 1. The topological polar surface area (TPSA) is 95.0 Å². The van der Waals surface area contributed by atoms with E-state index in [1.807, 2.05) is 6.92 Å². The van der Waals surface area contributed by atoms with Gasteiger partial charge in [0.1, 0.15) is 34.5 Å². The summed E-state index contributed by atoms with van der Waals surface area (Å²) in [6.45, 7) is 12.7. The predicted octanol–water partition coefficient (Wildman–Crippen LogP) is 3.71. The number of hydrogen-bond acceptors (Lipinski definition) is 8. The number of hydrogen-bond donors (Lipinski definition) is 0. The van der Waals surface area contributed by atoms with E-state index in [4.69, 9.17) is 14.2 Å². The van der Waals surface area contributed by atoms with E-state index in [0.29, 0.717) is 5.01 Å². The van der Waals surface area contributed by atoms with Gasteiger partial charge in [-0.05, 0) is 48.5 Å². The first-order chi connectivity index (χ1) is 12.9. The Hall–Kier alpha value is -2.00. The van der Waals surface area contributed by atoms with Crippen LogP contribution < -0.4 is 0 Å². The zero-order chi connectivity index (χ0) is 21.3. The van der Waals surface area contributed by atoms with Crippen molar-refractivity contribution >= 4 is 29.2 Å². The first-order valence-corrected chi connectivity index (χ1v) is 10.1. The van der Waals surface area contributed by atoms with Crippen LogP contribution in [0.4, 0.5) is 4.79 Å². The largest absolute Gasteiger partial charge is 0.466 e. The zero-order valence-electron chi connectivity index (χ0n) is 17.4. The zero-order valence-corrected chi connectivity index (χ0v) is 18.2. The van der Waals surface area contributed by atoms with E-state index >= 15 is 0 Å². The molecule has 2 heterocycles. The number of rotatable bonds is 5. The number of thiazole rings is 1. The summed E-state index contributed by atoms with van der Waals surface area (Å²) in [7, 11) is 0. The average Bonchev–Trinajstić information content (AvgIpc) is 3.07. The summed E-state index contributed by atoms with van der Waals surface area (Å²) in [6.07, 6.45) is -1.22. The molecule has 0 radical (unpaired) electrons. The van der Waals surface area contributed by atoms with E-state index in [0.717, 1.165) is 0 Å². The van der Waals surface area contributed by atoms with Gasteiger partial charge >= 0.3 is 12.1 Å². The molecule has 2 rings (SSSR count). The molecule has 1 aliphatic heterocycles. The van der Waals surface area contributed by atoms with Gasteiger partial charge < -0.3 is 14.2 Å². The van der Waals surface area contributed by atoms with Gasteiger partial charge in [-0.3, -0.25) is 14.5 Å². The predicted molar refractivity (Wildman–Crippen MR) is 103 cm³/mol. The number of Topliss-reactive ketones (excluding diaryl/α,β-unsaturated/α-hetero) is 1. The minimum absolute atomic E-state index is 0.175. The summed E-state index contributed by atoms with van der Waals surface area (Å²) < 4.78 is 16.3. The number of carbonyl (C=O) groups excluding carboxylic acids is 3. The molecule has 0 aromatic carbocycles. The average molecular weight is 413 g/mol. The summed E-state index contributed by atoms with van der Waals surface area (Å²) in [5.41, 5.74) is -1.38. The maximum absolute atomic E-state index is 12.8. The van der Waals surface area contributed by atoms with Crippen LogP contribution >= 0.6 is 11.3 Å². The molecule has 0 unspecified atom stereocenters. The number of nitrogens with zero attached hydrogens (tertiary/aromatic N) is 2. The minimum atomic E-state index is -0.896. The van der Waals surface area contributed by atoms with Crippen LogP contribution in [0, 0.1) is 0 Å². The van der Waals surface area contributed by atoms with Crippen molar-refractivity contribution in [1.82, 2.24) is 9.88 Å². The SMILES string of the molecule is CCOC(=O)CC(=O)c1csc([C@@H]2[C@@H](C)OC(C)(C)N2C(=O)OC(C)(C)C)n1. The van der Waals surface area contributed by atoms with Gasteiger partial charge in [0.2, 0.25) is 0 Å². The van der Waals surface area contributed by atoms with Crippen LogP contribution in [0.25, 0.3) is 0 Å². The van der Waals surface area contributed by atoms with Crippen LogP contribution in [0.5, 0.6) is 0 Å². The van der Waals surface area contributed by atoms with Crippen molar-refractivity contribution in [2.45, 2.75) is 78.4 Å². The second-order valence-corrected chi connectivity index (χ2v) is 8.93. The van der Waals surface area contributed by atoms with Crippen molar-refractivity contribution in [1.29, 1.82) is 0 Å². The molecule has 1 aliphatic rings. The molecule has 2 atom stereocenters. The highest BCUT2D eigenvalue weighted by molar-refractivity contribution is 7.10. The minimum Gasteiger partial charge on any atom is -0.466 e. The van der Waals surface area contributed by atoms with E-state index in [-0.39, 0.29) is 24.8 Å². The molecule has 1 aromatic heterocycles. The summed E-state index contributed by atoms with van der Waals surface area (Å²) >= 11 is 1.25. The monoisotopic (exact) mass is 412 g/mol. The number of esters is 1. The fraction of sp³-hybridized carbons (Fsp3) is 0.684. The molecule has 156 valence electrons. The Kier molecular flexibility index (Phi) is 6.50. The Bertz CT molecular complexity index is 752. The molecule has 8 nitrogen and oxygen atoms in total. The van der Waals surface area contributed by atoms with Crippen molar-refractivity contribution < 1.29 is 28.6 Å². The Morgan fingerprint density at radius 1 is 1.32 bits per heavy atom. The molecule has 1 saturated heterocycles. The molecular weight excluding hydrogens is 384 g/mol. The molecule has 1 aromatic rings. The van der Waals surface area contributed by atoms with Gasteiger partial charge in [-0.1, -0.05) is 0 Å². The van der Waals surface area contributed by atoms with Gasteiger partial charge in [-0.25, -0.2) is 9.78 Å². The maximum atomic E-state index is 12.8. The van der Waals surface area contributed by atoms with Gasteiger partial charge in [0.15, 0.2) is 5.78 Å². The number of carbonyl (C=O) groups is 3. The first kappa shape index (κ1) is 22.3.